The topological polar surface area (TPSA) is 55.8 Å². The molecule has 0 bridgehead atoms. The number of hydrogen-bond donors (Lipinski definition) is 0. The molecule has 0 spiro atoms. The number of amides is 1. The van der Waals surface area contributed by atoms with Gasteiger partial charge in [0, 0.05) is 6.54 Å². The van der Waals surface area contributed by atoms with Gasteiger partial charge < -0.3 is 9.47 Å². The lowest BCUT2D eigenvalue weighted by Crippen LogP contribution is -2.37. The fourth-order valence-electron chi connectivity index (χ4n) is 2.81. The fraction of sp³-hybridized carbons (Fsp3) is 0.600. The minimum Gasteiger partial charge on any atom is -0.468 e. The molecule has 0 radical (unpaired) electrons. The summed E-state index contributed by atoms with van der Waals surface area (Å²) in [7, 11) is 1.38. The summed E-state index contributed by atoms with van der Waals surface area (Å²) < 4.78 is 10.2. The number of methoxy groups -OCH3 is 1. The maximum Gasteiger partial charge on any atom is 0.414 e. The maximum absolute atomic E-state index is 12.5. The average Bonchev–Trinajstić information content (AvgIpc) is 2.61. The molecule has 0 unspecified atom stereocenters. The van der Waals surface area contributed by atoms with Gasteiger partial charge in [-0.15, -0.1) is 0 Å². The van der Waals surface area contributed by atoms with E-state index in [4.69, 9.17) is 9.47 Å². The van der Waals surface area contributed by atoms with Crippen molar-refractivity contribution in [2.24, 2.45) is 0 Å². The minimum atomic E-state index is -0.862. The highest BCUT2D eigenvalue weighted by atomic mass is 16.6. The summed E-state index contributed by atoms with van der Waals surface area (Å²) in [5, 5.41) is 0. The van der Waals surface area contributed by atoms with Crippen molar-refractivity contribution in [1.29, 1.82) is 0 Å². The molecule has 0 N–H and O–H groups in total. The Kier molecular flexibility index (Phi) is 8.46. The van der Waals surface area contributed by atoms with Crippen molar-refractivity contribution >= 4 is 17.7 Å². The van der Waals surface area contributed by atoms with Crippen molar-refractivity contribution in [1.82, 2.24) is 0 Å². The first-order chi connectivity index (χ1) is 11.9. The molecule has 0 aliphatic rings. The number of unbranched alkanes of at least 4 members (excludes halogenated alkanes) is 3. The van der Waals surface area contributed by atoms with Crippen LogP contribution in [-0.4, -0.2) is 32.3 Å². The second kappa shape index (κ2) is 10.1. The number of hydrogen-bond acceptors (Lipinski definition) is 4. The van der Waals surface area contributed by atoms with Crippen LogP contribution in [0.2, 0.25) is 0 Å². The Hall–Kier alpha value is -2.04. The second-order valence-corrected chi connectivity index (χ2v) is 6.54. The number of carbonyl (C=O) groups excluding carboxylic acids is 2. The molecule has 0 saturated carbocycles. The molecular weight excluding hydrogens is 318 g/mol. The number of esters is 1. The van der Waals surface area contributed by atoms with Gasteiger partial charge in [0.25, 0.3) is 0 Å². The van der Waals surface area contributed by atoms with Crippen molar-refractivity contribution in [3.8, 4) is 0 Å². The number of carbonyl (C=O) groups is 2. The van der Waals surface area contributed by atoms with E-state index in [0.717, 1.165) is 31.2 Å². The van der Waals surface area contributed by atoms with Crippen molar-refractivity contribution in [3.63, 3.8) is 0 Å². The molecule has 5 nitrogen and oxygen atoms in total. The van der Waals surface area contributed by atoms with E-state index in [9.17, 15) is 9.59 Å². The molecule has 25 heavy (non-hydrogen) atoms. The molecule has 1 amide bonds. The molecule has 0 aliphatic carbocycles. The summed E-state index contributed by atoms with van der Waals surface area (Å²) in [6.45, 7) is 8.42. The summed E-state index contributed by atoms with van der Waals surface area (Å²) in [6.07, 6.45) is 3.82. The summed E-state index contributed by atoms with van der Waals surface area (Å²) in [5.74, 6) is -0.338. The van der Waals surface area contributed by atoms with Crippen LogP contribution >= 0.6 is 0 Å². The van der Waals surface area contributed by atoms with Gasteiger partial charge in [0.2, 0.25) is 0 Å². The van der Waals surface area contributed by atoms with E-state index in [1.807, 2.05) is 24.3 Å². The minimum absolute atomic E-state index is 0.312. The third-order valence-electron chi connectivity index (χ3n) is 4.29. The Balaban J connectivity index is 3.20. The molecule has 0 saturated heterocycles. The number of anilines is 1. The van der Waals surface area contributed by atoms with Crippen LogP contribution in [0.1, 0.15) is 58.9 Å². The highest BCUT2D eigenvalue weighted by molar-refractivity contribution is 5.92. The molecule has 5 heteroatoms. The molecule has 140 valence electrons. The monoisotopic (exact) mass is 349 g/mol. The average molecular weight is 349 g/mol. The second-order valence-electron chi connectivity index (χ2n) is 6.54. The number of nitrogens with zero attached hydrogens (tertiary/aromatic N) is 1. The van der Waals surface area contributed by atoms with E-state index in [2.05, 4.69) is 6.92 Å². The van der Waals surface area contributed by atoms with E-state index in [-0.39, 0.29) is 12.1 Å². The van der Waals surface area contributed by atoms with Crippen LogP contribution in [0.5, 0.6) is 0 Å². The van der Waals surface area contributed by atoms with Crippen molar-refractivity contribution in [2.45, 2.75) is 58.8 Å². The van der Waals surface area contributed by atoms with Gasteiger partial charge in [0.05, 0.1) is 24.8 Å². The summed E-state index contributed by atoms with van der Waals surface area (Å²) in [5.41, 5.74) is 0.595. The van der Waals surface area contributed by atoms with Gasteiger partial charge in [0.15, 0.2) is 0 Å². The molecule has 0 heterocycles. The summed E-state index contributed by atoms with van der Waals surface area (Å²) in [6, 6.07) is 7.45. The van der Waals surface area contributed by atoms with Crippen LogP contribution in [0.15, 0.2) is 24.3 Å². The highest BCUT2D eigenvalue weighted by Gasteiger charge is 2.35. The summed E-state index contributed by atoms with van der Waals surface area (Å²) >= 11 is 0. The Labute approximate surface area is 151 Å². The first kappa shape index (κ1) is 21.0. The van der Waals surface area contributed by atoms with Gasteiger partial charge in [-0.3, -0.25) is 9.69 Å². The van der Waals surface area contributed by atoms with Crippen molar-refractivity contribution in [3.05, 3.63) is 29.8 Å². The maximum atomic E-state index is 12.5. The van der Waals surface area contributed by atoms with Crippen molar-refractivity contribution < 1.29 is 19.1 Å². The Morgan fingerprint density at radius 1 is 1.08 bits per heavy atom. The molecule has 0 aromatic heterocycles. The number of para-hydroxylation sites is 1. The van der Waals surface area contributed by atoms with Gasteiger partial charge in [-0.2, -0.15) is 0 Å². The van der Waals surface area contributed by atoms with Crippen molar-refractivity contribution in [2.75, 3.05) is 25.2 Å². The normalized spacial score (nSPS) is 11.1. The first-order valence-electron chi connectivity index (χ1n) is 9.02. The number of ether oxygens (including phenoxy) is 2. The van der Waals surface area contributed by atoms with Gasteiger partial charge in [0.1, 0.15) is 0 Å². The van der Waals surface area contributed by atoms with Crippen LogP contribution in [0.3, 0.4) is 0 Å². The molecule has 1 aromatic rings. The first-order valence-corrected chi connectivity index (χ1v) is 9.02. The van der Waals surface area contributed by atoms with E-state index >= 15 is 0 Å². The lowest BCUT2D eigenvalue weighted by Gasteiger charge is -2.30. The Bertz CT molecular complexity index is 569. The van der Waals surface area contributed by atoms with E-state index in [1.54, 1.807) is 25.7 Å². The van der Waals surface area contributed by atoms with E-state index in [1.165, 1.54) is 7.11 Å². The number of benzene rings is 1. The van der Waals surface area contributed by atoms with E-state index < -0.39 is 5.41 Å². The van der Waals surface area contributed by atoms with Crippen LogP contribution in [0.4, 0.5) is 10.5 Å². The molecule has 0 fully saturated rings. The predicted molar refractivity (Wildman–Crippen MR) is 100.0 cm³/mol. The standard InChI is InChI=1S/C20H31NO4/c1-6-8-9-12-15-21(19(23)25-7-2)17-14-11-10-13-16(17)20(3,4)18(22)24-5/h10-11,13-14H,6-9,12,15H2,1-5H3. The van der Waals surface area contributed by atoms with Crippen LogP contribution in [-0.2, 0) is 19.7 Å². The fourth-order valence-corrected chi connectivity index (χ4v) is 2.81. The largest absolute Gasteiger partial charge is 0.468 e. The predicted octanol–water partition coefficient (Wildman–Crippen LogP) is 4.68. The molecule has 1 aromatic carbocycles. The zero-order valence-corrected chi connectivity index (χ0v) is 16.1. The molecular formula is C20H31NO4. The van der Waals surface area contributed by atoms with Gasteiger partial charge >= 0.3 is 12.1 Å². The Morgan fingerprint density at radius 3 is 2.36 bits per heavy atom. The van der Waals surface area contributed by atoms with Crippen LogP contribution in [0.25, 0.3) is 0 Å². The van der Waals surface area contributed by atoms with Gasteiger partial charge in [-0.25, -0.2) is 4.79 Å². The molecule has 1 rings (SSSR count). The van der Waals surface area contributed by atoms with Crippen LogP contribution < -0.4 is 4.90 Å². The smallest absolute Gasteiger partial charge is 0.414 e. The zero-order chi connectivity index (χ0) is 18.9. The third-order valence-corrected chi connectivity index (χ3v) is 4.29. The highest BCUT2D eigenvalue weighted by Crippen LogP contribution is 2.34. The summed E-state index contributed by atoms with van der Waals surface area (Å²) in [4.78, 5) is 26.4. The van der Waals surface area contributed by atoms with Crippen LogP contribution in [0, 0.1) is 0 Å². The number of rotatable bonds is 9. The quantitative estimate of drug-likeness (QED) is 0.480. The molecule has 0 atom stereocenters. The third kappa shape index (κ3) is 5.48. The lowest BCUT2D eigenvalue weighted by atomic mass is 9.83. The SMILES string of the molecule is CCCCCCN(C(=O)OCC)c1ccccc1C(C)(C)C(=O)OC. The zero-order valence-electron chi connectivity index (χ0n) is 16.1. The molecule has 0 aliphatic heterocycles. The van der Waals surface area contributed by atoms with Gasteiger partial charge in [-0.1, -0.05) is 44.4 Å². The Morgan fingerprint density at radius 2 is 1.76 bits per heavy atom. The van der Waals surface area contributed by atoms with E-state index in [0.29, 0.717) is 18.8 Å². The van der Waals surface area contributed by atoms with Gasteiger partial charge in [-0.05, 0) is 38.8 Å². The lowest BCUT2D eigenvalue weighted by molar-refractivity contribution is -0.146.